The third kappa shape index (κ3) is 2.32. The number of carbonyl (C=O) groups excluding carboxylic acids is 1. The Morgan fingerprint density at radius 2 is 2.28 bits per heavy atom. The molecule has 0 radical (unpaired) electrons. The van der Waals surface area contributed by atoms with Gasteiger partial charge < -0.3 is 10.5 Å². The van der Waals surface area contributed by atoms with E-state index in [-0.39, 0.29) is 5.97 Å². The molecule has 0 aliphatic rings. The van der Waals surface area contributed by atoms with Gasteiger partial charge >= 0.3 is 5.97 Å². The third-order valence-electron chi connectivity index (χ3n) is 2.43. The summed E-state index contributed by atoms with van der Waals surface area (Å²) in [6, 6.07) is 3.34. The van der Waals surface area contributed by atoms with Crippen LogP contribution in [0.1, 0.15) is 22.8 Å². The van der Waals surface area contributed by atoms with Crippen molar-refractivity contribution in [3.05, 3.63) is 35.7 Å². The van der Waals surface area contributed by atoms with Gasteiger partial charge in [-0.25, -0.2) is 14.5 Å². The van der Waals surface area contributed by atoms with Crippen LogP contribution in [0.5, 0.6) is 0 Å². The SMILES string of the molecule is CCOC(=O)c1ccc(-n2cc(C)c(N)n2)nc1. The van der Waals surface area contributed by atoms with Gasteiger partial charge in [-0.3, -0.25) is 0 Å². The van der Waals surface area contributed by atoms with E-state index in [9.17, 15) is 4.79 Å². The molecule has 2 rings (SSSR count). The van der Waals surface area contributed by atoms with Crippen LogP contribution in [0.3, 0.4) is 0 Å². The normalized spacial score (nSPS) is 10.3. The molecular weight excluding hydrogens is 232 g/mol. The fourth-order valence-electron chi connectivity index (χ4n) is 1.45. The number of esters is 1. The third-order valence-corrected chi connectivity index (χ3v) is 2.43. The van der Waals surface area contributed by atoms with Gasteiger partial charge in [0.2, 0.25) is 0 Å². The maximum atomic E-state index is 11.4. The lowest BCUT2D eigenvalue weighted by Gasteiger charge is -2.03. The van der Waals surface area contributed by atoms with E-state index >= 15 is 0 Å². The lowest BCUT2D eigenvalue weighted by Crippen LogP contribution is -2.06. The van der Waals surface area contributed by atoms with Gasteiger partial charge in [0.1, 0.15) is 5.82 Å². The van der Waals surface area contributed by atoms with Crippen molar-refractivity contribution in [1.29, 1.82) is 0 Å². The van der Waals surface area contributed by atoms with Crippen LogP contribution in [-0.2, 0) is 4.74 Å². The van der Waals surface area contributed by atoms with E-state index in [1.165, 1.54) is 6.20 Å². The fraction of sp³-hybridized carbons (Fsp3) is 0.250. The summed E-state index contributed by atoms with van der Waals surface area (Å²) in [7, 11) is 0. The highest BCUT2D eigenvalue weighted by Crippen LogP contribution is 2.11. The van der Waals surface area contributed by atoms with Crippen molar-refractivity contribution in [2.75, 3.05) is 12.3 Å². The van der Waals surface area contributed by atoms with Gasteiger partial charge in [-0.2, -0.15) is 0 Å². The highest BCUT2D eigenvalue weighted by Gasteiger charge is 2.08. The Hall–Kier alpha value is -2.37. The van der Waals surface area contributed by atoms with Crippen LogP contribution < -0.4 is 5.73 Å². The smallest absolute Gasteiger partial charge is 0.339 e. The Bertz CT molecular complexity index is 540. The number of aromatic nitrogens is 3. The van der Waals surface area contributed by atoms with E-state index in [4.69, 9.17) is 10.5 Å². The number of pyridine rings is 1. The van der Waals surface area contributed by atoms with Gasteiger partial charge in [-0.05, 0) is 26.0 Å². The molecule has 0 spiro atoms. The number of ether oxygens (including phenoxy) is 1. The second kappa shape index (κ2) is 4.87. The molecule has 6 nitrogen and oxygen atoms in total. The quantitative estimate of drug-likeness (QED) is 0.826. The van der Waals surface area contributed by atoms with Crippen molar-refractivity contribution in [3.8, 4) is 5.82 Å². The van der Waals surface area contributed by atoms with Gasteiger partial charge in [0.25, 0.3) is 0 Å². The Morgan fingerprint density at radius 3 is 2.78 bits per heavy atom. The molecule has 0 fully saturated rings. The van der Waals surface area contributed by atoms with E-state index in [0.29, 0.717) is 23.8 Å². The highest BCUT2D eigenvalue weighted by atomic mass is 16.5. The van der Waals surface area contributed by atoms with Gasteiger partial charge in [-0.1, -0.05) is 0 Å². The summed E-state index contributed by atoms with van der Waals surface area (Å²) >= 11 is 0. The Labute approximate surface area is 104 Å². The number of nitrogens with zero attached hydrogens (tertiary/aromatic N) is 3. The molecule has 0 aliphatic carbocycles. The minimum absolute atomic E-state index is 0.343. The number of rotatable bonds is 3. The van der Waals surface area contributed by atoms with Crippen molar-refractivity contribution in [2.45, 2.75) is 13.8 Å². The summed E-state index contributed by atoms with van der Waals surface area (Å²) in [4.78, 5) is 15.6. The Kier molecular flexibility index (Phi) is 3.27. The number of carbonyl (C=O) groups is 1. The second-order valence-electron chi connectivity index (χ2n) is 3.77. The number of anilines is 1. The molecule has 2 aromatic rings. The summed E-state index contributed by atoms with van der Waals surface area (Å²) in [5.74, 6) is 0.682. The molecule has 0 atom stereocenters. The topological polar surface area (TPSA) is 83.0 Å². The van der Waals surface area contributed by atoms with Crippen LogP contribution in [0.15, 0.2) is 24.5 Å². The molecule has 0 amide bonds. The van der Waals surface area contributed by atoms with Crippen LogP contribution in [-0.4, -0.2) is 27.3 Å². The first kappa shape index (κ1) is 12.1. The zero-order chi connectivity index (χ0) is 13.1. The van der Waals surface area contributed by atoms with Gasteiger partial charge in [0.05, 0.1) is 12.2 Å². The number of nitrogen functional groups attached to an aromatic ring is 1. The van der Waals surface area contributed by atoms with Gasteiger partial charge in [0, 0.05) is 18.0 Å². The highest BCUT2D eigenvalue weighted by molar-refractivity contribution is 5.89. The lowest BCUT2D eigenvalue weighted by atomic mass is 10.3. The van der Waals surface area contributed by atoms with Crippen molar-refractivity contribution in [3.63, 3.8) is 0 Å². The maximum absolute atomic E-state index is 11.4. The average Bonchev–Trinajstić information content (AvgIpc) is 2.70. The summed E-state index contributed by atoms with van der Waals surface area (Å²) < 4.78 is 6.44. The molecule has 18 heavy (non-hydrogen) atoms. The summed E-state index contributed by atoms with van der Waals surface area (Å²) in [6.07, 6.45) is 3.24. The van der Waals surface area contributed by atoms with Crippen molar-refractivity contribution in [1.82, 2.24) is 14.8 Å². The molecule has 2 aromatic heterocycles. The standard InChI is InChI=1S/C12H14N4O2/c1-3-18-12(17)9-4-5-10(14-6-9)16-7-8(2)11(13)15-16/h4-7H,3H2,1-2H3,(H2,13,15). The molecule has 0 aromatic carbocycles. The van der Waals surface area contributed by atoms with E-state index in [0.717, 1.165) is 5.56 Å². The monoisotopic (exact) mass is 246 g/mol. The molecule has 0 saturated carbocycles. The molecule has 0 saturated heterocycles. The Morgan fingerprint density at radius 1 is 1.50 bits per heavy atom. The molecule has 0 aliphatic heterocycles. The second-order valence-corrected chi connectivity index (χ2v) is 3.77. The fourth-order valence-corrected chi connectivity index (χ4v) is 1.45. The van der Waals surface area contributed by atoms with Crippen molar-refractivity contribution in [2.24, 2.45) is 0 Å². The average molecular weight is 246 g/mol. The van der Waals surface area contributed by atoms with Gasteiger partial charge in [-0.15, -0.1) is 5.10 Å². The van der Waals surface area contributed by atoms with E-state index in [1.54, 1.807) is 29.9 Å². The van der Waals surface area contributed by atoms with Crippen LogP contribution in [0.4, 0.5) is 5.82 Å². The zero-order valence-corrected chi connectivity index (χ0v) is 10.3. The molecular formula is C12H14N4O2. The number of hydrogen-bond acceptors (Lipinski definition) is 5. The first-order valence-electron chi connectivity index (χ1n) is 5.57. The number of aryl methyl sites for hydroxylation is 1. The molecule has 2 N–H and O–H groups in total. The van der Waals surface area contributed by atoms with Crippen LogP contribution >= 0.6 is 0 Å². The number of hydrogen-bond donors (Lipinski definition) is 1. The molecule has 0 unspecified atom stereocenters. The molecule has 94 valence electrons. The van der Waals surface area contributed by atoms with Crippen molar-refractivity contribution < 1.29 is 9.53 Å². The lowest BCUT2D eigenvalue weighted by molar-refractivity contribution is 0.0526. The molecule has 0 bridgehead atoms. The van der Waals surface area contributed by atoms with Crippen LogP contribution in [0.25, 0.3) is 5.82 Å². The summed E-state index contributed by atoms with van der Waals surface area (Å²) in [5, 5.41) is 4.11. The van der Waals surface area contributed by atoms with E-state index in [2.05, 4.69) is 10.1 Å². The largest absolute Gasteiger partial charge is 0.462 e. The Balaban J connectivity index is 2.24. The molecule has 2 heterocycles. The molecule has 6 heteroatoms. The minimum atomic E-state index is -0.382. The first-order valence-corrected chi connectivity index (χ1v) is 5.57. The van der Waals surface area contributed by atoms with Gasteiger partial charge in [0.15, 0.2) is 5.82 Å². The summed E-state index contributed by atoms with van der Waals surface area (Å²) in [5.41, 5.74) is 6.96. The predicted molar refractivity (Wildman–Crippen MR) is 66.5 cm³/mol. The van der Waals surface area contributed by atoms with E-state index in [1.807, 2.05) is 6.92 Å². The maximum Gasteiger partial charge on any atom is 0.339 e. The van der Waals surface area contributed by atoms with Crippen LogP contribution in [0, 0.1) is 6.92 Å². The first-order chi connectivity index (χ1) is 8.61. The van der Waals surface area contributed by atoms with Crippen LogP contribution in [0.2, 0.25) is 0 Å². The van der Waals surface area contributed by atoms with E-state index < -0.39 is 0 Å². The zero-order valence-electron chi connectivity index (χ0n) is 10.3. The van der Waals surface area contributed by atoms with Crippen molar-refractivity contribution >= 4 is 11.8 Å². The minimum Gasteiger partial charge on any atom is -0.462 e. The number of nitrogens with two attached hydrogens (primary N) is 1. The summed E-state index contributed by atoms with van der Waals surface area (Å²) in [6.45, 7) is 3.97. The predicted octanol–water partition coefficient (Wildman–Crippen LogP) is 1.33.